The van der Waals surface area contributed by atoms with Gasteiger partial charge in [-0.25, -0.2) is 0 Å². The molecule has 0 radical (unpaired) electrons. The summed E-state index contributed by atoms with van der Waals surface area (Å²) in [5.41, 5.74) is 1.13. The molecular formula is C15H17BrN2O2S. The van der Waals surface area contributed by atoms with Gasteiger partial charge in [-0.3, -0.25) is 14.5 Å². The highest BCUT2D eigenvalue weighted by Gasteiger charge is 2.28. The third kappa shape index (κ3) is 4.68. The minimum atomic E-state index is -0.349. The van der Waals surface area contributed by atoms with Crippen LogP contribution in [0.15, 0.2) is 33.7 Å². The summed E-state index contributed by atoms with van der Waals surface area (Å²) in [6.07, 6.45) is -0.116. The first-order valence-corrected chi connectivity index (χ1v) is 8.52. The summed E-state index contributed by atoms with van der Waals surface area (Å²) in [6.45, 7) is 4.68. The van der Waals surface area contributed by atoms with Gasteiger partial charge in [0.1, 0.15) is 6.42 Å². The van der Waals surface area contributed by atoms with Crippen LogP contribution in [0.4, 0.5) is 0 Å². The predicted octanol–water partition coefficient (Wildman–Crippen LogP) is 3.45. The molecular weight excluding hydrogens is 352 g/mol. The molecule has 0 spiro atoms. The van der Waals surface area contributed by atoms with Crippen LogP contribution in [0.2, 0.25) is 0 Å². The molecule has 0 fully saturated rings. The first-order chi connectivity index (χ1) is 9.95. The maximum absolute atomic E-state index is 12.0. The number of halogens is 1. The molecule has 0 saturated carbocycles. The molecule has 1 aromatic rings. The fraction of sp³-hybridized carbons (Fsp3) is 0.400. The van der Waals surface area contributed by atoms with Crippen LogP contribution in [0.3, 0.4) is 0 Å². The van der Waals surface area contributed by atoms with E-state index in [9.17, 15) is 9.59 Å². The number of amides is 2. The number of carbonyl (C=O) groups is 2. The monoisotopic (exact) mass is 368 g/mol. The summed E-state index contributed by atoms with van der Waals surface area (Å²) < 4.78 is 1.03. The molecule has 0 bridgehead atoms. The molecule has 0 atom stereocenters. The number of carbonyl (C=O) groups excluding carboxylic acids is 2. The van der Waals surface area contributed by atoms with E-state index in [-0.39, 0.29) is 18.2 Å². The lowest BCUT2D eigenvalue weighted by Crippen LogP contribution is -2.42. The zero-order chi connectivity index (χ0) is 15.4. The third-order valence-electron chi connectivity index (χ3n) is 2.88. The SMILES string of the molecule is CC(C)CN1C(=O)CC(=O)N=C1SCc1ccc(Br)cc1. The van der Waals surface area contributed by atoms with Crippen LogP contribution in [-0.2, 0) is 15.3 Å². The molecule has 0 unspecified atom stereocenters. The standard InChI is InChI=1S/C15H17BrN2O2S/c1-10(2)8-18-14(20)7-13(19)17-15(18)21-9-11-3-5-12(16)6-4-11/h3-6,10H,7-9H2,1-2H3. The molecule has 1 aliphatic rings. The van der Waals surface area contributed by atoms with Gasteiger partial charge in [0.2, 0.25) is 5.91 Å². The van der Waals surface area contributed by atoms with Crippen molar-refractivity contribution in [3.63, 3.8) is 0 Å². The van der Waals surface area contributed by atoms with E-state index in [1.54, 1.807) is 4.90 Å². The van der Waals surface area contributed by atoms with Crippen LogP contribution in [0.25, 0.3) is 0 Å². The van der Waals surface area contributed by atoms with E-state index < -0.39 is 0 Å². The van der Waals surface area contributed by atoms with Gasteiger partial charge in [-0.2, -0.15) is 4.99 Å². The van der Waals surface area contributed by atoms with Crippen LogP contribution < -0.4 is 0 Å². The van der Waals surface area contributed by atoms with E-state index in [1.807, 2.05) is 38.1 Å². The highest BCUT2D eigenvalue weighted by Crippen LogP contribution is 2.22. The first kappa shape index (κ1) is 16.2. The van der Waals surface area contributed by atoms with E-state index in [4.69, 9.17) is 0 Å². The van der Waals surface area contributed by atoms with Gasteiger partial charge in [-0.15, -0.1) is 0 Å². The molecule has 0 N–H and O–H groups in total. The van der Waals surface area contributed by atoms with Crippen molar-refractivity contribution in [2.24, 2.45) is 10.9 Å². The highest BCUT2D eigenvalue weighted by atomic mass is 79.9. The second-order valence-electron chi connectivity index (χ2n) is 5.28. The van der Waals surface area contributed by atoms with Crippen LogP contribution in [0, 0.1) is 5.92 Å². The normalized spacial score (nSPS) is 15.6. The number of thioether (sulfide) groups is 1. The molecule has 2 amide bonds. The molecule has 1 heterocycles. The Labute approximate surface area is 137 Å². The summed E-state index contributed by atoms with van der Waals surface area (Å²) >= 11 is 4.83. The Morgan fingerprint density at radius 1 is 1.29 bits per heavy atom. The molecule has 112 valence electrons. The zero-order valence-corrected chi connectivity index (χ0v) is 14.4. The maximum Gasteiger partial charge on any atom is 0.257 e. The van der Waals surface area contributed by atoms with Gasteiger partial charge in [-0.05, 0) is 23.6 Å². The quantitative estimate of drug-likeness (QED) is 0.764. The smallest absolute Gasteiger partial charge is 0.257 e. The number of rotatable bonds is 4. The van der Waals surface area contributed by atoms with Crippen molar-refractivity contribution < 1.29 is 9.59 Å². The van der Waals surface area contributed by atoms with Gasteiger partial charge in [0.05, 0.1) is 0 Å². The van der Waals surface area contributed by atoms with Crippen molar-refractivity contribution in [2.45, 2.75) is 26.0 Å². The highest BCUT2D eigenvalue weighted by molar-refractivity contribution is 9.10. The Morgan fingerprint density at radius 2 is 1.95 bits per heavy atom. The number of amidine groups is 1. The molecule has 1 aliphatic heterocycles. The Morgan fingerprint density at radius 3 is 2.57 bits per heavy atom. The molecule has 0 saturated heterocycles. The largest absolute Gasteiger partial charge is 0.290 e. The number of aliphatic imine (C=N–C) groups is 1. The zero-order valence-electron chi connectivity index (χ0n) is 12.0. The van der Waals surface area contributed by atoms with Gasteiger partial charge in [-0.1, -0.05) is 53.7 Å². The number of hydrogen-bond donors (Lipinski definition) is 0. The molecule has 2 rings (SSSR count). The second kappa shape index (κ2) is 7.22. The van der Waals surface area contributed by atoms with Crippen LogP contribution in [-0.4, -0.2) is 28.4 Å². The number of nitrogens with zero attached hydrogens (tertiary/aromatic N) is 2. The predicted molar refractivity (Wildman–Crippen MR) is 89.0 cm³/mol. The third-order valence-corrected chi connectivity index (χ3v) is 4.46. The molecule has 4 nitrogen and oxygen atoms in total. The van der Waals surface area contributed by atoms with Crippen LogP contribution in [0.1, 0.15) is 25.8 Å². The van der Waals surface area contributed by atoms with Gasteiger partial charge in [0, 0.05) is 16.8 Å². The minimum Gasteiger partial charge on any atom is -0.290 e. The van der Waals surface area contributed by atoms with Gasteiger partial charge >= 0.3 is 0 Å². The van der Waals surface area contributed by atoms with E-state index in [2.05, 4.69) is 20.9 Å². The average Bonchev–Trinajstić information content (AvgIpc) is 2.41. The van der Waals surface area contributed by atoms with Crippen molar-refractivity contribution in [3.8, 4) is 0 Å². The fourth-order valence-electron chi connectivity index (χ4n) is 1.92. The summed E-state index contributed by atoms with van der Waals surface area (Å²) in [7, 11) is 0. The van der Waals surface area contributed by atoms with E-state index in [0.29, 0.717) is 23.4 Å². The number of hydrogen-bond acceptors (Lipinski definition) is 3. The fourth-order valence-corrected chi connectivity index (χ4v) is 3.17. The summed E-state index contributed by atoms with van der Waals surface area (Å²) in [5.74, 6) is 0.516. The Balaban J connectivity index is 2.08. The molecule has 0 aromatic heterocycles. The molecule has 0 aliphatic carbocycles. The second-order valence-corrected chi connectivity index (χ2v) is 7.14. The van der Waals surface area contributed by atoms with Crippen LogP contribution in [0.5, 0.6) is 0 Å². The summed E-state index contributed by atoms with van der Waals surface area (Å²) in [4.78, 5) is 29.2. The van der Waals surface area contributed by atoms with Crippen molar-refractivity contribution >= 4 is 44.7 Å². The van der Waals surface area contributed by atoms with Crippen LogP contribution >= 0.6 is 27.7 Å². The lowest BCUT2D eigenvalue weighted by atomic mass is 10.2. The molecule has 6 heteroatoms. The van der Waals surface area contributed by atoms with E-state index in [1.165, 1.54) is 11.8 Å². The topological polar surface area (TPSA) is 49.7 Å². The van der Waals surface area contributed by atoms with Crippen molar-refractivity contribution in [3.05, 3.63) is 34.3 Å². The van der Waals surface area contributed by atoms with E-state index in [0.717, 1.165) is 10.0 Å². The Bertz CT molecular complexity index is 570. The maximum atomic E-state index is 12.0. The lowest BCUT2D eigenvalue weighted by Gasteiger charge is -2.27. The Hall–Kier alpha value is -1.14. The molecule has 21 heavy (non-hydrogen) atoms. The lowest BCUT2D eigenvalue weighted by molar-refractivity contribution is -0.133. The minimum absolute atomic E-state index is 0.116. The van der Waals surface area contributed by atoms with Gasteiger partial charge in [0.15, 0.2) is 5.17 Å². The van der Waals surface area contributed by atoms with Gasteiger partial charge < -0.3 is 0 Å². The van der Waals surface area contributed by atoms with E-state index >= 15 is 0 Å². The van der Waals surface area contributed by atoms with Crippen molar-refractivity contribution in [1.82, 2.24) is 4.90 Å². The van der Waals surface area contributed by atoms with Crippen molar-refractivity contribution in [2.75, 3.05) is 6.54 Å². The number of benzene rings is 1. The summed E-state index contributed by atoms with van der Waals surface area (Å²) in [6, 6.07) is 7.97. The average molecular weight is 369 g/mol. The summed E-state index contributed by atoms with van der Waals surface area (Å²) in [5, 5.41) is 0.521. The van der Waals surface area contributed by atoms with Gasteiger partial charge in [0.25, 0.3) is 5.91 Å². The van der Waals surface area contributed by atoms with Crippen molar-refractivity contribution in [1.29, 1.82) is 0 Å². The Kier molecular flexibility index (Phi) is 5.58. The molecule has 1 aromatic carbocycles. The first-order valence-electron chi connectivity index (χ1n) is 6.75.